The average molecular weight is 430 g/mol. The Hall–Kier alpha value is -4.23. The molecule has 0 spiro atoms. The van der Waals surface area contributed by atoms with E-state index in [0.717, 1.165) is 27.2 Å². The second kappa shape index (κ2) is 10.2. The Bertz CT molecular complexity index is 1050. The minimum atomic E-state index is -1.36. The number of aliphatic carboxylic acids is 1. The first-order valence-corrected chi connectivity index (χ1v) is 9.95. The summed E-state index contributed by atoms with van der Waals surface area (Å²) in [6, 6.07) is 14.4. The van der Waals surface area contributed by atoms with Crippen LogP contribution in [0.25, 0.3) is 11.1 Å². The van der Waals surface area contributed by atoms with Gasteiger partial charge in [0.05, 0.1) is 19.5 Å². The molecule has 0 saturated carbocycles. The number of terminal acetylenes is 2. The number of carboxylic acid groups (broad SMARTS) is 1. The van der Waals surface area contributed by atoms with Crippen LogP contribution in [0.5, 0.6) is 0 Å². The fourth-order valence-corrected chi connectivity index (χ4v) is 3.81. The van der Waals surface area contributed by atoms with Gasteiger partial charge in [0.25, 0.3) is 0 Å². The summed E-state index contributed by atoms with van der Waals surface area (Å²) in [6.45, 7) is -0.177. The molecule has 1 unspecified atom stereocenters. The molecule has 7 nitrogen and oxygen atoms in total. The van der Waals surface area contributed by atoms with Crippen molar-refractivity contribution in [3.05, 3.63) is 59.7 Å². The molecule has 32 heavy (non-hydrogen) atoms. The number of hydrogen-bond acceptors (Lipinski definition) is 4. The van der Waals surface area contributed by atoms with E-state index in [1.54, 1.807) is 0 Å². The molecule has 2 amide bonds. The molecule has 1 atom stereocenters. The number of alkyl carbamates (subject to hydrolysis) is 1. The van der Waals surface area contributed by atoms with Crippen molar-refractivity contribution in [2.45, 2.75) is 18.4 Å². The monoisotopic (exact) mass is 430 g/mol. The van der Waals surface area contributed by atoms with Gasteiger partial charge in [0.15, 0.2) is 0 Å². The van der Waals surface area contributed by atoms with E-state index < -0.39 is 30.4 Å². The molecule has 7 heteroatoms. The van der Waals surface area contributed by atoms with Crippen LogP contribution in [0, 0.1) is 24.7 Å². The van der Waals surface area contributed by atoms with E-state index >= 15 is 0 Å². The summed E-state index contributed by atoms with van der Waals surface area (Å²) in [6.07, 6.45) is 8.98. The van der Waals surface area contributed by atoms with Gasteiger partial charge in [-0.2, -0.15) is 0 Å². The minimum Gasteiger partial charge on any atom is -0.481 e. The number of rotatable bonds is 8. The van der Waals surface area contributed by atoms with Gasteiger partial charge < -0.3 is 20.1 Å². The van der Waals surface area contributed by atoms with Gasteiger partial charge in [0.1, 0.15) is 12.6 Å². The molecule has 3 rings (SSSR count). The Balaban J connectivity index is 1.71. The topological polar surface area (TPSA) is 95.9 Å². The van der Waals surface area contributed by atoms with Gasteiger partial charge in [-0.3, -0.25) is 9.59 Å². The summed E-state index contributed by atoms with van der Waals surface area (Å²) in [5.41, 5.74) is 4.23. The molecule has 0 heterocycles. The Morgan fingerprint density at radius 3 is 2.03 bits per heavy atom. The van der Waals surface area contributed by atoms with Crippen LogP contribution >= 0.6 is 0 Å². The quantitative estimate of drug-likeness (QED) is 0.628. The maximum atomic E-state index is 12.7. The molecule has 2 N–H and O–H groups in total. The molecule has 0 bridgehead atoms. The minimum absolute atomic E-state index is 0.0340. The zero-order valence-electron chi connectivity index (χ0n) is 17.3. The first-order chi connectivity index (χ1) is 15.5. The lowest BCUT2D eigenvalue weighted by Crippen LogP contribution is -2.50. The molecule has 0 fully saturated rings. The third-order valence-corrected chi connectivity index (χ3v) is 5.19. The number of nitrogens with one attached hydrogen (secondary N) is 1. The Labute approximate surface area is 186 Å². The number of fused-ring (bicyclic) bond motifs is 3. The third-order valence-electron chi connectivity index (χ3n) is 5.19. The Morgan fingerprint density at radius 1 is 1.00 bits per heavy atom. The fourth-order valence-electron chi connectivity index (χ4n) is 3.81. The van der Waals surface area contributed by atoms with E-state index in [1.165, 1.54) is 0 Å². The molecular weight excluding hydrogens is 408 g/mol. The number of benzene rings is 2. The molecule has 0 aromatic heterocycles. The lowest BCUT2D eigenvalue weighted by molar-refractivity contribution is -0.142. The van der Waals surface area contributed by atoms with E-state index in [4.69, 9.17) is 22.7 Å². The van der Waals surface area contributed by atoms with Gasteiger partial charge in [0, 0.05) is 5.92 Å². The van der Waals surface area contributed by atoms with Gasteiger partial charge in [-0.1, -0.05) is 60.4 Å². The number of carbonyl (C=O) groups excluding carboxylic acids is 2. The van der Waals surface area contributed by atoms with Crippen molar-refractivity contribution in [2.24, 2.45) is 0 Å². The maximum Gasteiger partial charge on any atom is 0.407 e. The SMILES string of the molecule is C#CCN(CC#C)C(=O)C(CC(=O)O)NC(=O)OCC1c2ccccc2-c2ccccc21. The molecular formula is C25H22N2O5. The van der Waals surface area contributed by atoms with Gasteiger partial charge in [-0.05, 0) is 22.3 Å². The Morgan fingerprint density at radius 2 is 1.53 bits per heavy atom. The van der Waals surface area contributed by atoms with Crippen molar-refractivity contribution in [3.8, 4) is 35.8 Å². The number of amides is 2. The highest BCUT2D eigenvalue weighted by molar-refractivity contribution is 5.89. The molecule has 1 aliphatic rings. The van der Waals surface area contributed by atoms with Crippen LogP contribution in [0.1, 0.15) is 23.5 Å². The normalized spacial score (nSPS) is 12.4. The summed E-state index contributed by atoms with van der Waals surface area (Å²) in [5.74, 6) is 2.48. The van der Waals surface area contributed by atoms with Crippen molar-refractivity contribution in [1.29, 1.82) is 0 Å². The summed E-state index contributed by atoms with van der Waals surface area (Å²) in [4.78, 5) is 37.5. The second-order valence-electron chi connectivity index (χ2n) is 7.22. The number of hydrogen-bond donors (Lipinski definition) is 2. The molecule has 0 aliphatic heterocycles. The van der Waals surface area contributed by atoms with Gasteiger partial charge in [-0.25, -0.2) is 4.79 Å². The van der Waals surface area contributed by atoms with E-state index in [0.29, 0.717) is 0 Å². The molecule has 162 valence electrons. The lowest BCUT2D eigenvalue weighted by atomic mass is 9.98. The van der Waals surface area contributed by atoms with Crippen LogP contribution in [0.2, 0.25) is 0 Å². The largest absolute Gasteiger partial charge is 0.481 e. The predicted octanol–water partition coefficient (Wildman–Crippen LogP) is 2.46. The van der Waals surface area contributed by atoms with Crippen LogP contribution in [-0.4, -0.2) is 53.7 Å². The zero-order valence-corrected chi connectivity index (χ0v) is 17.3. The van der Waals surface area contributed by atoms with Crippen molar-refractivity contribution in [1.82, 2.24) is 10.2 Å². The van der Waals surface area contributed by atoms with Gasteiger partial charge in [0.2, 0.25) is 5.91 Å². The van der Waals surface area contributed by atoms with Crippen LogP contribution in [-0.2, 0) is 14.3 Å². The summed E-state index contributed by atoms with van der Waals surface area (Å²) < 4.78 is 5.41. The standard InChI is InChI=1S/C25H22N2O5/c1-3-13-27(14-4-2)24(30)22(15-23(28)29)26-25(31)32-16-21-19-11-7-5-9-17(19)18-10-6-8-12-20(18)21/h1-2,5-12,21-22H,13-16H2,(H,26,31)(H,28,29). The van der Waals surface area contributed by atoms with Crippen molar-refractivity contribution >= 4 is 18.0 Å². The molecule has 1 aliphatic carbocycles. The van der Waals surface area contributed by atoms with Crippen molar-refractivity contribution in [2.75, 3.05) is 19.7 Å². The van der Waals surface area contributed by atoms with Crippen LogP contribution < -0.4 is 5.32 Å². The maximum absolute atomic E-state index is 12.7. The van der Waals surface area contributed by atoms with Crippen LogP contribution in [0.4, 0.5) is 4.79 Å². The zero-order chi connectivity index (χ0) is 23.1. The summed E-state index contributed by atoms with van der Waals surface area (Å²) in [5, 5.41) is 11.5. The highest BCUT2D eigenvalue weighted by Crippen LogP contribution is 2.44. The number of carboxylic acids is 1. The van der Waals surface area contributed by atoms with Crippen molar-refractivity contribution in [3.63, 3.8) is 0 Å². The van der Waals surface area contributed by atoms with Crippen molar-refractivity contribution < 1.29 is 24.2 Å². The lowest BCUT2D eigenvalue weighted by Gasteiger charge is -2.24. The molecule has 2 aromatic carbocycles. The number of carbonyl (C=O) groups is 3. The summed E-state index contributed by atoms with van der Waals surface area (Å²) in [7, 11) is 0. The van der Waals surface area contributed by atoms with E-state index in [-0.39, 0.29) is 25.6 Å². The summed E-state index contributed by atoms with van der Waals surface area (Å²) >= 11 is 0. The highest BCUT2D eigenvalue weighted by atomic mass is 16.5. The predicted molar refractivity (Wildman–Crippen MR) is 118 cm³/mol. The highest BCUT2D eigenvalue weighted by Gasteiger charge is 2.31. The molecule has 0 saturated heterocycles. The van der Waals surface area contributed by atoms with Crippen LogP contribution in [0.15, 0.2) is 48.5 Å². The second-order valence-corrected chi connectivity index (χ2v) is 7.22. The van der Waals surface area contributed by atoms with Gasteiger partial charge >= 0.3 is 12.1 Å². The Kier molecular flexibility index (Phi) is 7.15. The van der Waals surface area contributed by atoms with Crippen LogP contribution in [0.3, 0.4) is 0 Å². The first kappa shape index (κ1) is 22.5. The number of nitrogens with zero attached hydrogens (tertiary/aromatic N) is 1. The molecule has 0 radical (unpaired) electrons. The van der Waals surface area contributed by atoms with Gasteiger partial charge in [-0.15, -0.1) is 12.8 Å². The third kappa shape index (κ3) is 4.91. The van der Waals surface area contributed by atoms with E-state index in [9.17, 15) is 14.4 Å². The number of ether oxygens (including phenoxy) is 1. The first-order valence-electron chi connectivity index (χ1n) is 9.95. The fraction of sp³-hybridized carbons (Fsp3) is 0.240. The molecule has 2 aromatic rings. The average Bonchev–Trinajstić information content (AvgIpc) is 3.10. The van der Waals surface area contributed by atoms with E-state index in [1.807, 2.05) is 48.5 Å². The van der Waals surface area contributed by atoms with E-state index in [2.05, 4.69) is 17.2 Å². The smallest absolute Gasteiger partial charge is 0.407 e.